The zero-order valence-electron chi connectivity index (χ0n) is 5.63. The number of nitrogens with one attached hydrogen (secondary N) is 1. The fraction of sp³-hybridized carbons (Fsp3) is 0.333. The van der Waals surface area contributed by atoms with Crippen LogP contribution in [0.25, 0.3) is 0 Å². The molecule has 0 unspecified atom stereocenters. The van der Waals surface area contributed by atoms with Gasteiger partial charge >= 0.3 is 5.97 Å². The summed E-state index contributed by atoms with van der Waals surface area (Å²) in [6, 6.07) is -0.961. The molecule has 4 nitrogen and oxygen atoms in total. The van der Waals surface area contributed by atoms with Crippen LogP contribution in [0, 0.1) is 0 Å². The highest BCUT2D eigenvalue weighted by atomic mass is 16.4. The Morgan fingerprint density at radius 2 is 2.30 bits per heavy atom. The van der Waals surface area contributed by atoms with Crippen LogP contribution in [0.1, 0.15) is 6.92 Å². The molecule has 0 radical (unpaired) electrons. The highest BCUT2D eigenvalue weighted by Gasteiger charge is 2.15. The topological polar surface area (TPSA) is 66.4 Å². The molecule has 2 N–H and O–H groups in total. The van der Waals surface area contributed by atoms with Crippen LogP contribution >= 0.6 is 0 Å². The first-order valence-electron chi connectivity index (χ1n) is 2.67. The zero-order chi connectivity index (χ0) is 8.15. The first-order chi connectivity index (χ1) is 4.59. The highest BCUT2D eigenvalue weighted by molar-refractivity contribution is 5.79. The maximum Gasteiger partial charge on any atom is 0.330 e. The summed E-state index contributed by atoms with van der Waals surface area (Å²) in [4.78, 5) is 20.1. The van der Waals surface area contributed by atoms with Crippen LogP contribution < -0.4 is 5.32 Å². The smallest absolute Gasteiger partial charge is 0.330 e. The summed E-state index contributed by atoms with van der Waals surface area (Å²) < 4.78 is 0. The van der Waals surface area contributed by atoms with Crippen molar-refractivity contribution in [2.45, 2.75) is 13.0 Å². The van der Waals surface area contributed by atoms with E-state index < -0.39 is 12.0 Å². The van der Waals surface area contributed by atoms with Gasteiger partial charge in [0.1, 0.15) is 6.04 Å². The SMILES string of the molecule is C=C(C)[C@H](NC=O)C(=O)O. The molecule has 0 bridgehead atoms. The molecule has 1 atom stereocenters. The lowest BCUT2D eigenvalue weighted by Crippen LogP contribution is -2.36. The number of aliphatic carboxylic acids is 1. The molecular formula is C6H9NO3. The number of amides is 1. The molecule has 10 heavy (non-hydrogen) atoms. The van der Waals surface area contributed by atoms with Gasteiger partial charge in [-0.1, -0.05) is 6.58 Å². The average molecular weight is 143 g/mol. The van der Waals surface area contributed by atoms with Crippen molar-refractivity contribution in [2.75, 3.05) is 0 Å². The van der Waals surface area contributed by atoms with Gasteiger partial charge in [0.25, 0.3) is 0 Å². The largest absolute Gasteiger partial charge is 0.479 e. The number of hydrogen-bond acceptors (Lipinski definition) is 2. The minimum Gasteiger partial charge on any atom is -0.479 e. The van der Waals surface area contributed by atoms with Crippen LogP contribution in [-0.2, 0) is 9.59 Å². The summed E-state index contributed by atoms with van der Waals surface area (Å²) in [6.45, 7) is 4.93. The molecule has 0 aliphatic rings. The first-order valence-corrected chi connectivity index (χ1v) is 2.67. The Kier molecular flexibility index (Phi) is 3.17. The Hall–Kier alpha value is -1.32. The minimum atomic E-state index is -1.10. The Balaban J connectivity index is 4.11. The summed E-state index contributed by atoms with van der Waals surface area (Å²) in [5.74, 6) is -1.10. The third kappa shape index (κ3) is 2.30. The van der Waals surface area contributed by atoms with Crippen LogP contribution in [0.4, 0.5) is 0 Å². The van der Waals surface area contributed by atoms with Crippen molar-refractivity contribution in [1.82, 2.24) is 5.32 Å². The van der Waals surface area contributed by atoms with E-state index in [4.69, 9.17) is 5.11 Å². The van der Waals surface area contributed by atoms with Gasteiger partial charge in [0.05, 0.1) is 0 Å². The minimum absolute atomic E-state index is 0.341. The van der Waals surface area contributed by atoms with Gasteiger partial charge in [-0.25, -0.2) is 4.79 Å². The zero-order valence-corrected chi connectivity index (χ0v) is 5.63. The van der Waals surface area contributed by atoms with Crippen molar-refractivity contribution in [3.63, 3.8) is 0 Å². The van der Waals surface area contributed by atoms with Gasteiger partial charge in [-0.2, -0.15) is 0 Å². The highest BCUT2D eigenvalue weighted by Crippen LogP contribution is 1.95. The van der Waals surface area contributed by atoms with Crippen LogP contribution in [0.15, 0.2) is 12.2 Å². The van der Waals surface area contributed by atoms with E-state index in [9.17, 15) is 9.59 Å². The molecule has 1 amide bonds. The molecule has 0 aromatic rings. The molecule has 0 spiro atoms. The van der Waals surface area contributed by atoms with Gasteiger partial charge in [0.2, 0.25) is 6.41 Å². The van der Waals surface area contributed by atoms with Crippen molar-refractivity contribution >= 4 is 12.4 Å². The summed E-state index contributed by atoms with van der Waals surface area (Å²) in [5.41, 5.74) is 0.402. The van der Waals surface area contributed by atoms with Crippen LogP contribution in [0.5, 0.6) is 0 Å². The van der Waals surface area contributed by atoms with Crippen molar-refractivity contribution < 1.29 is 14.7 Å². The maximum atomic E-state index is 10.2. The van der Waals surface area contributed by atoms with Crippen molar-refractivity contribution in [3.8, 4) is 0 Å². The van der Waals surface area contributed by atoms with Crippen LogP contribution in [0.3, 0.4) is 0 Å². The van der Waals surface area contributed by atoms with E-state index in [1.807, 2.05) is 0 Å². The summed E-state index contributed by atoms with van der Waals surface area (Å²) >= 11 is 0. The predicted molar refractivity (Wildman–Crippen MR) is 35.4 cm³/mol. The molecule has 0 saturated carbocycles. The number of carboxylic acid groups (broad SMARTS) is 1. The van der Waals surface area contributed by atoms with Crippen LogP contribution in [0.2, 0.25) is 0 Å². The standard InChI is InChI=1S/C6H9NO3/c1-4(2)5(6(9)10)7-3-8/h3,5H,1H2,2H3,(H,7,8)(H,9,10)/t5-/m0/s1. The van der Waals surface area contributed by atoms with Gasteiger partial charge in [-0.3, -0.25) is 4.79 Å². The van der Waals surface area contributed by atoms with E-state index in [1.54, 1.807) is 0 Å². The number of rotatable bonds is 4. The summed E-state index contributed by atoms with van der Waals surface area (Å²) in [5, 5.41) is 10.5. The van der Waals surface area contributed by atoms with Crippen LogP contribution in [-0.4, -0.2) is 23.5 Å². The number of carbonyl (C=O) groups is 2. The lowest BCUT2D eigenvalue weighted by atomic mass is 10.1. The molecule has 0 aromatic carbocycles. The maximum absolute atomic E-state index is 10.2. The third-order valence-corrected chi connectivity index (χ3v) is 0.974. The average Bonchev–Trinajstić information content (AvgIpc) is 1.81. The van der Waals surface area contributed by atoms with Gasteiger partial charge < -0.3 is 10.4 Å². The molecule has 0 aliphatic carbocycles. The predicted octanol–water partition coefficient (Wildman–Crippen LogP) is -0.238. The molecular weight excluding hydrogens is 134 g/mol. The van der Waals surface area contributed by atoms with Crippen molar-refractivity contribution in [1.29, 1.82) is 0 Å². The number of carbonyl (C=O) groups excluding carboxylic acids is 1. The lowest BCUT2D eigenvalue weighted by molar-refractivity contribution is -0.139. The van der Waals surface area contributed by atoms with Gasteiger partial charge in [-0.05, 0) is 12.5 Å². The monoisotopic (exact) mass is 143 g/mol. The fourth-order valence-electron chi connectivity index (χ4n) is 0.492. The number of hydrogen-bond donors (Lipinski definition) is 2. The Morgan fingerprint density at radius 3 is 2.40 bits per heavy atom. The molecule has 0 aromatic heterocycles. The normalized spacial score (nSPS) is 11.7. The third-order valence-electron chi connectivity index (χ3n) is 0.974. The van der Waals surface area contributed by atoms with E-state index in [0.29, 0.717) is 12.0 Å². The molecule has 4 heteroatoms. The van der Waals surface area contributed by atoms with Crippen molar-refractivity contribution in [3.05, 3.63) is 12.2 Å². The second-order valence-corrected chi connectivity index (χ2v) is 1.90. The molecule has 0 saturated heterocycles. The first kappa shape index (κ1) is 8.68. The lowest BCUT2D eigenvalue weighted by Gasteiger charge is -2.08. The van der Waals surface area contributed by atoms with Gasteiger partial charge in [0, 0.05) is 0 Å². The quantitative estimate of drug-likeness (QED) is 0.421. The Bertz CT molecular complexity index is 150. The molecule has 0 heterocycles. The summed E-state index contributed by atoms with van der Waals surface area (Å²) in [6.07, 6.45) is 0.341. The van der Waals surface area contributed by atoms with Gasteiger partial charge in [0.15, 0.2) is 0 Å². The number of carboxylic acids is 1. The Morgan fingerprint density at radius 1 is 1.80 bits per heavy atom. The van der Waals surface area contributed by atoms with E-state index in [0.717, 1.165) is 0 Å². The second-order valence-electron chi connectivity index (χ2n) is 1.90. The molecule has 56 valence electrons. The van der Waals surface area contributed by atoms with E-state index in [-0.39, 0.29) is 0 Å². The summed E-state index contributed by atoms with van der Waals surface area (Å²) in [7, 11) is 0. The molecule has 0 aliphatic heterocycles. The van der Waals surface area contributed by atoms with E-state index in [2.05, 4.69) is 11.9 Å². The molecule has 0 fully saturated rings. The molecule has 0 rings (SSSR count). The van der Waals surface area contributed by atoms with E-state index in [1.165, 1.54) is 6.92 Å². The fourth-order valence-corrected chi connectivity index (χ4v) is 0.492. The Labute approximate surface area is 58.5 Å². The second kappa shape index (κ2) is 3.66. The van der Waals surface area contributed by atoms with Gasteiger partial charge in [-0.15, -0.1) is 0 Å². The van der Waals surface area contributed by atoms with E-state index >= 15 is 0 Å². The van der Waals surface area contributed by atoms with Crippen molar-refractivity contribution in [2.24, 2.45) is 0 Å².